The van der Waals surface area contributed by atoms with Gasteiger partial charge in [0.1, 0.15) is 0 Å². The molecule has 0 N–H and O–H groups in total. The van der Waals surface area contributed by atoms with E-state index in [-0.39, 0.29) is 32.7 Å². The Morgan fingerprint density at radius 1 is 1.36 bits per heavy atom. The topological polar surface area (TPSA) is 0 Å². The molecule has 1 radical (unpaired) electrons. The molecule has 0 nitrogen and oxygen atoms in total. The largest absolute Gasteiger partial charge is 0 e. The number of halogens is 2. The summed E-state index contributed by atoms with van der Waals surface area (Å²) in [5, 5.41) is 2.12. The predicted molar refractivity (Wildman–Crippen MR) is 61.8 cm³/mol. The summed E-state index contributed by atoms with van der Waals surface area (Å²) in [5.74, 6) is 0. The van der Waals surface area contributed by atoms with Gasteiger partial charge in [0.25, 0.3) is 0 Å². The molecule has 11 heavy (non-hydrogen) atoms. The van der Waals surface area contributed by atoms with Crippen LogP contribution in [0.15, 0.2) is 11.4 Å². The summed E-state index contributed by atoms with van der Waals surface area (Å²) >= 11 is 6.54. The fourth-order valence-electron chi connectivity index (χ4n) is 0.448. The van der Waals surface area contributed by atoms with Gasteiger partial charge in [-0.05, 0) is 30.9 Å². The molecule has 0 saturated carbocycles. The summed E-state index contributed by atoms with van der Waals surface area (Å²) in [4.78, 5) is 1.43. The summed E-state index contributed by atoms with van der Waals surface area (Å²) < 4.78 is 0. The van der Waals surface area contributed by atoms with E-state index in [0.717, 1.165) is 0 Å². The molecule has 5 heteroatoms. The average Bonchev–Trinajstić information content (AvgIpc) is 2.19. The van der Waals surface area contributed by atoms with Crippen molar-refractivity contribution in [2.24, 2.45) is 0 Å². The minimum atomic E-state index is 0. The molecule has 1 aromatic heterocycles. The van der Waals surface area contributed by atoms with E-state index in [9.17, 15) is 0 Å². The van der Waals surface area contributed by atoms with Gasteiger partial charge in [-0.3, -0.25) is 0 Å². The minimum absolute atomic E-state index is 0. The van der Waals surface area contributed by atoms with Crippen molar-refractivity contribution in [1.82, 2.24) is 0 Å². The first-order valence-electron chi connectivity index (χ1n) is 2.65. The number of aryl methyl sites for hydroxylation is 2. The number of rotatable bonds is 0. The number of hydrogen-bond acceptors (Lipinski definition) is 1. The monoisotopic (exact) mass is 506 g/mol. The molecule has 0 atom stereocenters. The van der Waals surface area contributed by atoms with Crippen molar-refractivity contribution in [3.8, 4) is 0 Å². The van der Waals surface area contributed by atoms with Crippen LogP contribution in [0, 0.1) is 13.8 Å². The van der Waals surface area contributed by atoms with E-state index in [1.807, 2.05) is 0 Å². The molecule has 0 amide bonds. The van der Waals surface area contributed by atoms with Gasteiger partial charge in [0.05, 0.1) is 0 Å². The summed E-state index contributed by atoms with van der Waals surface area (Å²) in [5.41, 5.74) is 1.41. The Hall–Kier alpha value is 2.85. The minimum Gasteiger partial charge on any atom is 0 e. The quantitative estimate of drug-likeness (QED) is 0.465. The Kier molecular flexibility index (Phi) is 16.2. The van der Waals surface area contributed by atoms with Gasteiger partial charge in [-0.1, -0.05) is 0 Å². The van der Waals surface area contributed by atoms with Crippen LogP contribution < -0.4 is 0 Å². The maximum atomic E-state index is 2.37. The maximum absolute atomic E-state index is 2.37. The fourth-order valence-corrected chi connectivity index (χ4v) is 1.18. The van der Waals surface area contributed by atoms with Crippen molar-refractivity contribution in [1.29, 1.82) is 0 Å². The molecule has 0 spiro atoms. The molecule has 0 aliphatic heterocycles. The Labute approximate surface area is 126 Å². The van der Waals surface area contributed by atoms with Crippen LogP contribution in [0.25, 0.3) is 0 Å². The Morgan fingerprint density at radius 3 is 1.91 bits per heavy atom. The molecule has 1 aromatic rings. The zero-order valence-electron chi connectivity index (χ0n) is 6.34. The predicted octanol–water partition coefficient (Wildman–Crippen LogP) is 4.13. The second-order valence-electron chi connectivity index (χ2n) is 1.72. The molecule has 0 fully saturated rings. The van der Waals surface area contributed by atoms with Crippen molar-refractivity contribution in [2.45, 2.75) is 13.8 Å². The molecule has 0 bridgehead atoms. The molecule has 0 aliphatic rings. The Bertz CT molecular complexity index is 164. The molecule has 1 rings (SSSR count). The van der Waals surface area contributed by atoms with E-state index in [2.05, 4.69) is 65.3 Å². The van der Waals surface area contributed by atoms with E-state index in [1.54, 1.807) is 11.3 Å². The van der Waals surface area contributed by atoms with Crippen LogP contribution in [-0.4, -0.2) is 0 Å². The van der Waals surface area contributed by atoms with Crippen LogP contribution in [-0.2, 0) is 42.2 Å². The van der Waals surface area contributed by atoms with Crippen molar-refractivity contribution in [3.63, 3.8) is 0 Å². The van der Waals surface area contributed by atoms with Gasteiger partial charge < -0.3 is 0 Å². The standard InChI is InChI=1S/C6H8S.2HI.V.Y/c1-5-3-4-7-6(5)2;;;;/h3-4H,1-2H3;2*1H;;/q;;;+2;/p-2. The Balaban J connectivity index is 0. The van der Waals surface area contributed by atoms with Crippen LogP contribution >= 0.6 is 51.3 Å². The van der Waals surface area contributed by atoms with Crippen molar-refractivity contribution < 1.29 is 42.2 Å². The first kappa shape index (κ1) is 16.3. The second kappa shape index (κ2) is 10.9. The van der Waals surface area contributed by atoms with Crippen molar-refractivity contribution in [3.05, 3.63) is 21.9 Å². The van der Waals surface area contributed by atoms with Crippen LogP contribution in [0.2, 0.25) is 0 Å². The van der Waals surface area contributed by atoms with Gasteiger partial charge in [-0.2, -0.15) is 0 Å². The summed E-state index contributed by atoms with van der Waals surface area (Å²) in [7, 11) is 0.628. The molecule has 60 valence electrons. The van der Waals surface area contributed by atoms with E-state index in [1.165, 1.54) is 10.4 Å². The smallest absolute Gasteiger partial charge is 0 e. The van der Waals surface area contributed by atoms with Crippen LogP contribution in [0.5, 0.6) is 0 Å². The molecule has 0 aliphatic carbocycles. The zero-order chi connectivity index (χ0) is 7.98. The van der Waals surface area contributed by atoms with E-state index in [0.29, 0.717) is 9.47 Å². The second-order valence-corrected chi connectivity index (χ2v) is 14.6. The summed E-state index contributed by atoms with van der Waals surface area (Å²) in [6.07, 6.45) is 0. The van der Waals surface area contributed by atoms with Crippen LogP contribution in [0.4, 0.5) is 0 Å². The van der Waals surface area contributed by atoms with Crippen molar-refractivity contribution >= 4 is 51.3 Å². The van der Waals surface area contributed by atoms with Crippen LogP contribution in [0.3, 0.4) is 0 Å². The summed E-state index contributed by atoms with van der Waals surface area (Å²) in [6.45, 7) is 4.27. The molecule has 0 aromatic carbocycles. The molecular formula is C6H8I2SVY. The Morgan fingerprint density at radius 2 is 1.82 bits per heavy atom. The zero-order valence-corrected chi connectivity index (χ0v) is 15.7. The van der Waals surface area contributed by atoms with E-state index >= 15 is 0 Å². The molecular weight excluding hydrogens is 498 g/mol. The average molecular weight is 506 g/mol. The normalized spacial score (nSPS) is 7.27. The fraction of sp³-hybridized carbons (Fsp3) is 0.333. The summed E-state index contributed by atoms with van der Waals surface area (Å²) in [6, 6.07) is 2.14. The maximum Gasteiger partial charge on any atom is 0 e. The first-order valence-corrected chi connectivity index (χ1v) is 12.5. The SMILES string of the molecule is Cc1ccsc1C.[I][V][I].[Y]. The third-order valence-electron chi connectivity index (χ3n) is 1.12. The molecule has 0 unspecified atom stereocenters. The third kappa shape index (κ3) is 9.16. The number of thiophene rings is 1. The third-order valence-corrected chi connectivity index (χ3v) is 2.07. The van der Waals surface area contributed by atoms with Crippen LogP contribution in [0.1, 0.15) is 10.4 Å². The van der Waals surface area contributed by atoms with Gasteiger partial charge >= 0.3 is 49.4 Å². The van der Waals surface area contributed by atoms with Gasteiger partial charge in [0.2, 0.25) is 0 Å². The van der Waals surface area contributed by atoms with Gasteiger partial charge in [-0.15, -0.1) is 11.3 Å². The van der Waals surface area contributed by atoms with Gasteiger partial charge in [-0.25, -0.2) is 0 Å². The molecule has 0 saturated heterocycles. The van der Waals surface area contributed by atoms with E-state index in [4.69, 9.17) is 0 Å². The van der Waals surface area contributed by atoms with Gasteiger partial charge in [0, 0.05) is 37.6 Å². The number of hydrogen-bond donors (Lipinski definition) is 0. The van der Waals surface area contributed by atoms with E-state index < -0.39 is 0 Å². The molecule has 1 heterocycles. The first-order chi connectivity index (χ1) is 4.72. The van der Waals surface area contributed by atoms with Gasteiger partial charge in [0.15, 0.2) is 0 Å². The van der Waals surface area contributed by atoms with Crippen molar-refractivity contribution in [2.75, 3.05) is 0 Å².